The molecular weight excluding hydrogens is 445 g/mol. The summed E-state index contributed by atoms with van der Waals surface area (Å²) in [6.45, 7) is 3.53. The lowest BCUT2D eigenvalue weighted by Gasteiger charge is -2.26. The van der Waals surface area contributed by atoms with Crippen molar-refractivity contribution >= 4 is 16.9 Å². The zero-order valence-corrected chi connectivity index (χ0v) is 18.2. The number of phenols is 1. The predicted octanol–water partition coefficient (Wildman–Crippen LogP) is 6.31. The van der Waals surface area contributed by atoms with Crippen molar-refractivity contribution in [2.75, 3.05) is 0 Å². The van der Waals surface area contributed by atoms with Gasteiger partial charge in [0, 0.05) is 40.9 Å². The van der Waals surface area contributed by atoms with E-state index in [9.17, 15) is 33.4 Å². The summed E-state index contributed by atoms with van der Waals surface area (Å²) in [4.78, 5) is 11.3. The third-order valence-corrected chi connectivity index (χ3v) is 5.76. The number of aromatic carboxylic acids is 1. The average Bonchev–Trinajstić information content (AvgIpc) is 3.12. The van der Waals surface area contributed by atoms with Gasteiger partial charge in [-0.25, -0.2) is 18.0 Å². The van der Waals surface area contributed by atoms with Gasteiger partial charge in [-0.1, -0.05) is 26.0 Å². The highest BCUT2D eigenvalue weighted by Crippen LogP contribution is 2.47. The minimum absolute atomic E-state index is 0.0104. The van der Waals surface area contributed by atoms with Crippen molar-refractivity contribution in [3.05, 3.63) is 83.3 Å². The molecule has 4 aromatic rings. The van der Waals surface area contributed by atoms with Crippen LogP contribution < -0.4 is 0 Å². The van der Waals surface area contributed by atoms with E-state index in [0.29, 0.717) is 16.8 Å². The van der Waals surface area contributed by atoms with E-state index in [1.165, 1.54) is 22.8 Å². The molecule has 0 aliphatic carbocycles. The van der Waals surface area contributed by atoms with Gasteiger partial charge in [0.05, 0.1) is 22.5 Å². The summed E-state index contributed by atoms with van der Waals surface area (Å²) in [6, 6.07) is 13.3. The maximum absolute atomic E-state index is 14.4. The maximum Gasteiger partial charge on any atom is 0.335 e. The lowest BCUT2D eigenvalue weighted by Crippen LogP contribution is -2.22. The smallest absolute Gasteiger partial charge is 0.335 e. The number of hydrogen-bond donors (Lipinski definition) is 2. The number of benzene rings is 3. The van der Waals surface area contributed by atoms with E-state index < -0.39 is 28.8 Å². The SMILES string of the molecule is CC(C)(CC#N)c1c(-c2ccc(C(=O)O)cc2)c2c(O)cc(F)cc2n1-c1ccc(F)c(F)c1. The number of rotatable bonds is 5. The van der Waals surface area contributed by atoms with Crippen molar-refractivity contribution in [1.29, 1.82) is 5.26 Å². The number of hydrogen-bond acceptors (Lipinski definition) is 3. The van der Waals surface area contributed by atoms with Crippen LogP contribution in [0.3, 0.4) is 0 Å². The largest absolute Gasteiger partial charge is 0.507 e. The summed E-state index contributed by atoms with van der Waals surface area (Å²) in [6.07, 6.45) is 0.0104. The molecule has 8 heteroatoms. The first-order valence-corrected chi connectivity index (χ1v) is 10.3. The number of carboxylic acid groups (broad SMARTS) is 1. The molecule has 0 unspecified atom stereocenters. The molecule has 2 N–H and O–H groups in total. The number of nitrogens with zero attached hydrogens (tertiary/aromatic N) is 2. The zero-order chi connectivity index (χ0) is 24.8. The number of phenolic OH excluding ortho intramolecular Hbond substituents is 1. The van der Waals surface area contributed by atoms with Gasteiger partial charge in [-0.15, -0.1) is 0 Å². The second-order valence-electron chi connectivity index (χ2n) is 8.58. The fourth-order valence-electron chi connectivity index (χ4n) is 4.24. The Morgan fingerprint density at radius 3 is 2.29 bits per heavy atom. The quantitative estimate of drug-likeness (QED) is 0.362. The van der Waals surface area contributed by atoms with E-state index in [0.717, 1.165) is 24.3 Å². The monoisotopic (exact) mass is 464 g/mol. The summed E-state index contributed by atoms with van der Waals surface area (Å²) >= 11 is 0. The lowest BCUT2D eigenvalue weighted by atomic mass is 9.81. The topological polar surface area (TPSA) is 86.2 Å². The van der Waals surface area contributed by atoms with Gasteiger partial charge in [0.15, 0.2) is 11.6 Å². The van der Waals surface area contributed by atoms with Gasteiger partial charge in [-0.2, -0.15) is 5.26 Å². The normalized spacial score (nSPS) is 11.5. The zero-order valence-electron chi connectivity index (χ0n) is 18.2. The van der Waals surface area contributed by atoms with E-state index in [1.54, 1.807) is 26.0 Å². The summed E-state index contributed by atoms with van der Waals surface area (Å²) < 4.78 is 43.9. The predicted molar refractivity (Wildman–Crippen MR) is 120 cm³/mol. The van der Waals surface area contributed by atoms with E-state index in [-0.39, 0.29) is 34.3 Å². The second kappa shape index (κ2) is 8.27. The van der Waals surface area contributed by atoms with Gasteiger partial charge in [-0.3, -0.25) is 0 Å². The molecule has 0 aliphatic heterocycles. The summed E-state index contributed by atoms with van der Waals surface area (Å²) in [5.74, 6) is -4.43. The molecule has 0 atom stereocenters. The molecule has 0 aliphatic rings. The first-order chi connectivity index (χ1) is 16.0. The van der Waals surface area contributed by atoms with Gasteiger partial charge < -0.3 is 14.8 Å². The molecule has 172 valence electrons. The molecule has 3 aromatic carbocycles. The van der Waals surface area contributed by atoms with Crippen molar-refractivity contribution in [3.63, 3.8) is 0 Å². The summed E-state index contributed by atoms with van der Waals surface area (Å²) in [7, 11) is 0. The fourth-order valence-corrected chi connectivity index (χ4v) is 4.24. The van der Waals surface area contributed by atoms with Gasteiger partial charge in [0.1, 0.15) is 11.6 Å². The van der Waals surface area contributed by atoms with Crippen LogP contribution >= 0.6 is 0 Å². The summed E-state index contributed by atoms with van der Waals surface area (Å²) in [5, 5.41) is 29.8. The number of carbonyl (C=O) groups is 1. The first kappa shape index (κ1) is 22.9. The molecule has 0 fully saturated rings. The Balaban J connectivity index is 2.21. The molecule has 0 radical (unpaired) electrons. The molecule has 0 spiro atoms. The van der Waals surface area contributed by atoms with Gasteiger partial charge in [0.2, 0.25) is 0 Å². The summed E-state index contributed by atoms with van der Waals surface area (Å²) in [5.41, 5.74) is 0.863. The highest BCUT2D eigenvalue weighted by atomic mass is 19.2. The Labute approximate surface area is 192 Å². The van der Waals surface area contributed by atoms with E-state index >= 15 is 0 Å². The maximum atomic E-state index is 14.4. The molecule has 5 nitrogen and oxygen atoms in total. The van der Waals surface area contributed by atoms with E-state index in [1.807, 2.05) is 0 Å². The van der Waals surface area contributed by atoms with Crippen LogP contribution in [-0.2, 0) is 5.41 Å². The molecular formula is C26H19F3N2O3. The van der Waals surface area contributed by atoms with Crippen LogP contribution in [0.25, 0.3) is 27.7 Å². The molecule has 0 bridgehead atoms. The first-order valence-electron chi connectivity index (χ1n) is 10.3. The molecule has 0 amide bonds. The van der Waals surface area contributed by atoms with Crippen LogP contribution in [0, 0.1) is 28.8 Å². The number of nitriles is 1. The van der Waals surface area contributed by atoms with Crippen LogP contribution in [0.2, 0.25) is 0 Å². The van der Waals surface area contributed by atoms with Gasteiger partial charge >= 0.3 is 5.97 Å². The third kappa shape index (κ3) is 3.75. The van der Waals surface area contributed by atoms with Crippen molar-refractivity contribution < 1.29 is 28.2 Å². The molecule has 34 heavy (non-hydrogen) atoms. The van der Waals surface area contributed by atoms with E-state index in [2.05, 4.69) is 6.07 Å². The number of aromatic nitrogens is 1. The molecule has 0 saturated heterocycles. The Morgan fingerprint density at radius 1 is 1.03 bits per heavy atom. The Hall–Kier alpha value is -4.25. The second-order valence-corrected chi connectivity index (χ2v) is 8.58. The van der Waals surface area contributed by atoms with Crippen molar-refractivity contribution in [1.82, 2.24) is 4.57 Å². The molecule has 0 saturated carbocycles. The third-order valence-electron chi connectivity index (χ3n) is 5.76. The van der Waals surface area contributed by atoms with Crippen LogP contribution in [0.4, 0.5) is 13.2 Å². The Kier molecular flexibility index (Phi) is 5.57. The minimum Gasteiger partial charge on any atom is -0.507 e. The van der Waals surface area contributed by atoms with Crippen LogP contribution in [-0.4, -0.2) is 20.7 Å². The van der Waals surface area contributed by atoms with Crippen LogP contribution in [0.1, 0.15) is 36.3 Å². The van der Waals surface area contributed by atoms with Gasteiger partial charge in [-0.05, 0) is 35.9 Å². The van der Waals surface area contributed by atoms with Crippen LogP contribution in [0.15, 0.2) is 54.6 Å². The highest BCUT2D eigenvalue weighted by Gasteiger charge is 2.33. The Bertz CT molecular complexity index is 1480. The number of fused-ring (bicyclic) bond motifs is 1. The number of halogens is 3. The molecule has 1 aromatic heterocycles. The minimum atomic E-state index is -1.12. The Morgan fingerprint density at radius 2 is 1.71 bits per heavy atom. The number of aromatic hydroxyl groups is 1. The average molecular weight is 464 g/mol. The lowest BCUT2D eigenvalue weighted by molar-refractivity contribution is 0.0697. The highest BCUT2D eigenvalue weighted by molar-refractivity contribution is 6.04. The fraction of sp³-hybridized carbons (Fsp3) is 0.154. The van der Waals surface area contributed by atoms with Gasteiger partial charge in [0.25, 0.3) is 0 Å². The van der Waals surface area contributed by atoms with E-state index in [4.69, 9.17) is 0 Å². The standard InChI is InChI=1S/C26H19F3N2O3/c1-26(2,9-10-30)24-22(14-3-5-15(6-4-14)25(33)34)23-20(11-16(27)12-21(23)32)31(24)17-7-8-18(28)19(29)13-17/h3-8,11-13,32H,9H2,1-2H3,(H,33,34). The number of carboxylic acids is 1. The molecule has 1 heterocycles. The molecule has 4 rings (SSSR count). The van der Waals surface area contributed by atoms with Crippen molar-refractivity contribution in [2.24, 2.45) is 0 Å². The van der Waals surface area contributed by atoms with Crippen LogP contribution in [0.5, 0.6) is 5.75 Å². The van der Waals surface area contributed by atoms with Crippen molar-refractivity contribution in [2.45, 2.75) is 25.7 Å². The van der Waals surface area contributed by atoms with Crippen molar-refractivity contribution in [3.8, 4) is 28.6 Å².